The molecule has 7 heteroatoms. The van der Waals surface area contributed by atoms with Crippen LogP contribution in [0.4, 0.5) is 5.82 Å². The SMILES string of the molecule is CCOC(=O)c1c(-c2ccc(NC(C)C)nc2C)nn2cccnc12. The summed E-state index contributed by atoms with van der Waals surface area (Å²) in [4.78, 5) is 21.3. The van der Waals surface area contributed by atoms with Crippen molar-refractivity contribution in [1.82, 2.24) is 19.6 Å². The Labute approximate surface area is 146 Å². The molecule has 7 nitrogen and oxygen atoms in total. The Morgan fingerprint density at radius 2 is 2.16 bits per heavy atom. The number of rotatable bonds is 5. The van der Waals surface area contributed by atoms with Crippen LogP contribution >= 0.6 is 0 Å². The highest BCUT2D eigenvalue weighted by atomic mass is 16.5. The molecule has 0 bridgehead atoms. The molecule has 0 aliphatic carbocycles. The van der Waals surface area contributed by atoms with Gasteiger partial charge in [0.1, 0.15) is 17.1 Å². The number of hydrogen-bond donors (Lipinski definition) is 1. The number of esters is 1. The first-order valence-corrected chi connectivity index (χ1v) is 8.26. The summed E-state index contributed by atoms with van der Waals surface area (Å²) in [5.41, 5.74) is 2.91. The first kappa shape index (κ1) is 16.9. The van der Waals surface area contributed by atoms with Crippen LogP contribution in [0.2, 0.25) is 0 Å². The van der Waals surface area contributed by atoms with Crippen molar-refractivity contribution < 1.29 is 9.53 Å². The van der Waals surface area contributed by atoms with Gasteiger partial charge in [0.2, 0.25) is 0 Å². The average molecular weight is 339 g/mol. The lowest BCUT2D eigenvalue weighted by atomic mass is 10.1. The fraction of sp³-hybridized carbons (Fsp3) is 0.333. The van der Waals surface area contributed by atoms with E-state index in [0.29, 0.717) is 16.9 Å². The molecule has 1 N–H and O–H groups in total. The maximum Gasteiger partial charge on any atom is 0.344 e. The summed E-state index contributed by atoms with van der Waals surface area (Å²) in [6.45, 7) is 8.06. The number of ether oxygens (including phenoxy) is 1. The number of carbonyl (C=O) groups excluding carboxylic acids is 1. The Hall–Kier alpha value is -2.96. The van der Waals surface area contributed by atoms with E-state index >= 15 is 0 Å². The molecule has 0 fully saturated rings. The van der Waals surface area contributed by atoms with E-state index in [0.717, 1.165) is 17.1 Å². The van der Waals surface area contributed by atoms with Crippen molar-refractivity contribution >= 4 is 17.4 Å². The second-order valence-corrected chi connectivity index (χ2v) is 5.96. The summed E-state index contributed by atoms with van der Waals surface area (Å²) < 4.78 is 6.79. The molecule has 0 atom stereocenters. The molecule has 0 radical (unpaired) electrons. The Kier molecular flexibility index (Phi) is 4.65. The summed E-state index contributed by atoms with van der Waals surface area (Å²) in [6.07, 6.45) is 3.39. The molecule has 0 aliphatic heterocycles. The van der Waals surface area contributed by atoms with Crippen molar-refractivity contribution in [1.29, 1.82) is 0 Å². The van der Waals surface area contributed by atoms with Gasteiger partial charge in [-0.2, -0.15) is 5.10 Å². The minimum absolute atomic E-state index is 0.284. The van der Waals surface area contributed by atoms with E-state index in [1.54, 1.807) is 29.9 Å². The largest absolute Gasteiger partial charge is 0.462 e. The van der Waals surface area contributed by atoms with E-state index in [4.69, 9.17) is 4.74 Å². The molecule has 3 aromatic heterocycles. The number of carbonyl (C=O) groups is 1. The molecule has 3 aromatic rings. The number of nitrogens with zero attached hydrogens (tertiary/aromatic N) is 4. The van der Waals surface area contributed by atoms with Crippen molar-refractivity contribution in [3.05, 3.63) is 41.9 Å². The molecular weight excluding hydrogens is 318 g/mol. The van der Waals surface area contributed by atoms with Gasteiger partial charge < -0.3 is 10.1 Å². The molecule has 0 amide bonds. The number of anilines is 1. The van der Waals surface area contributed by atoms with Crippen molar-refractivity contribution in [3.63, 3.8) is 0 Å². The second-order valence-electron chi connectivity index (χ2n) is 5.96. The number of fused-ring (bicyclic) bond motifs is 1. The molecular formula is C18H21N5O2. The summed E-state index contributed by atoms with van der Waals surface area (Å²) in [5.74, 6) is 0.353. The van der Waals surface area contributed by atoms with E-state index in [2.05, 4.69) is 34.2 Å². The number of hydrogen-bond acceptors (Lipinski definition) is 6. The van der Waals surface area contributed by atoms with Crippen molar-refractivity contribution in [3.8, 4) is 11.3 Å². The van der Waals surface area contributed by atoms with E-state index in [-0.39, 0.29) is 12.6 Å². The first-order valence-electron chi connectivity index (χ1n) is 8.26. The van der Waals surface area contributed by atoms with Gasteiger partial charge in [-0.05, 0) is 45.9 Å². The lowest BCUT2D eigenvalue weighted by Crippen LogP contribution is -2.11. The van der Waals surface area contributed by atoms with Gasteiger partial charge in [0.25, 0.3) is 0 Å². The minimum Gasteiger partial charge on any atom is -0.462 e. The number of aromatic nitrogens is 4. The third-order valence-electron chi connectivity index (χ3n) is 3.65. The lowest BCUT2D eigenvalue weighted by Gasteiger charge is -2.11. The van der Waals surface area contributed by atoms with Crippen LogP contribution in [-0.4, -0.2) is 38.2 Å². The fourth-order valence-electron chi connectivity index (χ4n) is 2.65. The van der Waals surface area contributed by atoms with Crippen LogP contribution in [0.3, 0.4) is 0 Å². The zero-order valence-electron chi connectivity index (χ0n) is 14.8. The van der Waals surface area contributed by atoms with Crippen LogP contribution in [-0.2, 0) is 4.74 Å². The Balaban J connectivity index is 2.15. The Morgan fingerprint density at radius 1 is 1.36 bits per heavy atom. The molecule has 3 heterocycles. The highest BCUT2D eigenvalue weighted by Crippen LogP contribution is 2.29. The Morgan fingerprint density at radius 3 is 2.84 bits per heavy atom. The maximum atomic E-state index is 12.5. The van der Waals surface area contributed by atoms with Crippen LogP contribution in [0.15, 0.2) is 30.6 Å². The Bertz CT molecular complexity index is 917. The van der Waals surface area contributed by atoms with Crippen molar-refractivity contribution in [2.24, 2.45) is 0 Å². The number of aryl methyl sites for hydroxylation is 1. The molecule has 3 rings (SSSR count). The highest BCUT2D eigenvalue weighted by Gasteiger charge is 2.24. The van der Waals surface area contributed by atoms with Gasteiger partial charge in [-0.3, -0.25) is 0 Å². The van der Waals surface area contributed by atoms with Crippen LogP contribution in [0.1, 0.15) is 36.8 Å². The molecule has 0 unspecified atom stereocenters. The van der Waals surface area contributed by atoms with E-state index in [1.807, 2.05) is 19.1 Å². The monoisotopic (exact) mass is 339 g/mol. The summed E-state index contributed by atoms with van der Waals surface area (Å²) in [7, 11) is 0. The molecule has 130 valence electrons. The first-order chi connectivity index (χ1) is 12.0. The summed E-state index contributed by atoms with van der Waals surface area (Å²) in [5, 5.41) is 7.80. The zero-order valence-corrected chi connectivity index (χ0v) is 14.8. The minimum atomic E-state index is -0.435. The number of pyridine rings is 1. The third kappa shape index (κ3) is 3.31. The van der Waals surface area contributed by atoms with Crippen LogP contribution in [0.25, 0.3) is 16.9 Å². The van der Waals surface area contributed by atoms with E-state index in [1.165, 1.54) is 0 Å². The van der Waals surface area contributed by atoms with Crippen molar-refractivity contribution in [2.45, 2.75) is 33.7 Å². The van der Waals surface area contributed by atoms with Crippen LogP contribution in [0, 0.1) is 6.92 Å². The van der Waals surface area contributed by atoms with Gasteiger partial charge in [-0.25, -0.2) is 19.3 Å². The van der Waals surface area contributed by atoms with Crippen LogP contribution in [0.5, 0.6) is 0 Å². The maximum absolute atomic E-state index is 12.5. The third-order valence-corrected chi connectivity index (χ3v) is 3.65. The normalized spacial score (nSPS) is 11.1. The van der Waals surface area contributed by atoms with Crippen LogP contribution < -0.4 is 5.32 Å². The van der Waals surface area contributed by atoms with Gasteiger partial charge in [-0.15, -0.1) is 0 Å². The molecule has 0 aliphatic rings. The van der Waals surface area contributed by atoms with Gasteiger partial charge in [-0.1, -0.05) is 0 Å². The van der Waals surface area contributed by atoms with E-state index in [9.17, 15) is 4.79 Å². The molecule has 0 spiro atoms. The predicted octanol–water partition coefficient (Wildman–Crippen LogP) is 3.10. The number of nitrogens with one attached hydrogen (secondary N) is 1. The van der Waals surface area contributed by atoms with Gasteiger partial charge in [0.15, 0.2) is 5.65 Å². The van der Waals surface area contributed by atoms with Gasteiger partial charge >= 0.3 is 5.97 Å². The van der Waals surface area contributed by atoms with Crippen molar-refractivity contribution in [2.75, 3.05) is 11.9 Å². The quantitative estimate of drug-likeness (QED) is 0.719. The molecule has 0 aromatic carbocycles. The highest BCUT2D eigenvalue weighted by molar-refractivity contribution is 6.02. The van der Waals surface area contributed by atoms with Gasteiger partial charge in [0, 0.05) is 29.7 Å². The second kappa shape index (κ2) is 6.88. The molecule has 0 saturated carbocycles. The average Bonchev–Trinajstić information content (AvgIpc) is 2.93. The fourth-order valence-corrected chi connectivity index (χ4v) is 2.65. The van der Waals surface area contributed by atoms with E-state index < -0.39 is 5.97 Å². The predicted molar refractivity (Wildman–Crippen MR) is 95.7 cm³/mol. The molecule has 25 heavy (non-hydrogen) atoms. The lowest BCUT2D eigenvalue weighted by molar-refractivity contribution is 0.0529. The topological polar surface area (TPSA) is 81.4 Å². The zero-order chi connectivity index (χ0) is 18.0. The van der Waals surface area contributed by atoms with Gasteiger partial charge in [0.05, 0.1) is 6.61 Å². The summed E-state index contributed by atoms with van der Waals surface area (Å²) >= 11 is 0. The molecule has 0 saturated heterocycles. The smallest absolute Gasteiger partial charge is 0.344 e. The standard InChI is InChI=1S/C18H21N5O2/c1-5-25-18(24)15-16(22-23-10-6-9-19-17(15)23)13-7-8-14(20-11(2)3)21-12(13)4/h6-11H,5H2,1-4H3,(H,20,21). The summed E-state index contributed by atoms with van der Waals surface area (Å²) in [6, 6.07) is 5.85.